The maximum Gasteiger partial charge on any atom is 0.414 e. The lowest BCUT2D eigenvalue weighted by molar-refractivity contribution is -0.159. The Balaban J connectivity index is 0.000000409. The van der Waals surface area contributed by atoms with Crippen LogP contribution in [-0.2, 0) is 16.1 Å². The molecule has 8 heteroatoms. The van der Waals surface area contributed by atoms with E-state index in [2.05, 4.69) is 25.7 Å². The molecule has 3 N–H and O–H groups in total. The number of benzene rings is 1. The van der Waals surface area contributed by atoms with Gasteiger partial charge in [-0.25, -0.2) is 9.59 Å². The smallest absolute Gasteiger partial charge is 0.414 e. The Morgan fingerprint density at radius 3 is 2.07 bits per heavy atom. The zero-order valence-corrected chi connectivity index (χ0v) is 17.6. The molecule has 1 aromatic rings. The van der Waals surface area contributed by atoms with Gasteiger partial charge >= 0.3 is 11.9 Å². The Labute approximate surface area is 174 Å². The number of aliphatic carboxylic acids is 2. The molecule has 1 saturated heterocycles. The van der Waals surface area contributed by atoms with Crippen LogP contribution >= 0.6 is 15.9 Å². The summed E-state index contributed by atoms with van der Waals surface area (Å²) in [4.78, 5) is 23.4. The van der Waals surface area contributed by atoms with E-state index in [1.54, 1.807) is 6.07 Å². The van der Waals surface area contributed by atoms with Crippen LogP contribution in [-0.4, -0.2) is 69.3 Å². The molecule has 1 aliphatic heterocycles. The monoisotopic (exact) mass is 456 g/mol. The summed E-state index contributed by atoms with van der Waals surface area (Å²) in [7, 11) is 0. The molecule has 2 fully saturated rings. The standard InChI is InChI=1S/C18H27BrN2O.C2H2O4/c19-16-7-8-18(22)15(13-16)14-20-9-11-21(12-10-20)17-5-3-1-2-4-6-17;3-1(4)2(5)6/h7-8,13,17,22H,1-6,9-12,14H2;(H,3,4)(H,5,6). The van der Waals surface area contributed by atoms with Crippen LogP contribution < -0.4 is 0 Å². The van der Waals surface area contributed by atoms with E-state index in [0.29, 0.717) is 5.75 Å². The van der Waals surface area contributed by atoms with Crippen molar-refractivity contribution in [2.75, 3.05) is 26.2 Å². The van der Waals surface area contributed by atoms with Crippen molar-refractivity contribution in [3.63, 3.8) is 0 Å². The van der Waals surface area contributed by atoms with Crippen molar-refractivity contribution in [2.24, 2.45) is 0 Å². The van der Waals surface area contributed by atoms with E-state index in [-0.39, 0.29) is 0 Å². The molecule has 0 unspecified atom stereocenters. The van der Waals surface area contributed by atoms with E-state index in [0.717, 1.165) is 35.7 Å². The summed E-state index contributed by atoms with van der Waals surface area (Å²) in [6.07, 6.45) is 8.48. The van der Waals surface area contributed by atoms with E-state index in [1.807, 2.05) is 12.1 Å². The summed E-state index contributed by atoms with van der Waals surface area (Å²) >= 11 is 3.49. The topological polar surface area (TPSA) is 101 Å². The van der Waals surface area contributed by atoms with Gasteiger partial charge in [0.1, 0.15) is 5.75 Å². The van der Waals surface area contributed by atoms with Crippen molar-refractivity contribution < 1.29 is 24.9 Å². The molecule has 3 rings (SSSR count). The van der Waals surface area contributed by atoms with Gasteiger partial charge in [0.25, 0.3) is 0 Å². The van der Waals surface area contributed by atoms with Gasteiger partial charge in [-0.3, -0.25) is 9.80 Å². The highest BCUT2D eigenvalue weighted by Crippen LogP contribution is 2.25. The molecule has 1 saturated carbocycles. The van der Waals surface area contributed by atoms with Crippen LogP contribution in [0.1, 0.15) is 44.1 Å². The molecule has 28 heavy (non-hydrogen) atoms. The van der Waals surface area contributed by atoms with Gasteiger partial charge in [-0.2, -0.15) is 0 Å². The molecule has 0 aromatic heterocycles. The van der Waals surface area contributed by atoms with E-state index < -0.39 is 11.9 Å². The molecule has 156 valence electrons. The Bertz CT molecular complexity index is 642. The summed E-state index contributed by atoms with van der Waals surface area (Å²) in [6, 6.07) is 6.53. The largest absolute Gasteiger partial charge is 0.508 e. The summed E-state index contributed by atoms with van der Waals surface area (Å²) in [5, 5.41) is 24.8. The van der Waals surface area contributed by atoms with Crippen LogP contribution in [0.25, 0.3) is 0 Å². The second-order valence-electron chi connectivity index (χ2n) is 7.34. The molecule has 0 spiro atoms. The third kappa shape index (κ3) is 7.41. The van der Waals surface area contributed by atoms with E-state index in [1.165, 1.54) is 51.6 Å². The lowest BCUT2D eigenvalue weighted by Crippen LogP contribution is -2.49. The molecule has 7 nitrogen and oxygen atoms in total. The minimum Gasteiger partial charge on any atom is -0.508 e. The third-order valence-corrected chi connectivity index (χ3v) is 5.86. The minimum atomic E-state index is -1.82. The fourth-order valence-electron chi connectivity index (χ4n) is 3.83. The van der Waals surface area contributed by atoms with Crippen molar-refractivity contribution in [2.45, 2.75) is 51.1 Å². The van der Waals surface area contributed by atoms with Crippen LogP contribution in [0.2, 0.25) is 0 Å². The number of aromatic hydroxyl groups is 1. The number of carbonyl (C=O) groups is 2. The van der Waals surface area contributed by atoms with Crippen molar-refractivity contribution in [1.82, 2.24) is 9.80 Å². The summed E-state index contributed by atoms with van der Waals surface area (Å²) in [6.45, 7) is 5.44. The minimum absolute atomic E-state index is 0.411. The number of phenolic OH excluding ortho intramolecular Hbond substituents is 1. The third-order valence-electron chi connectivity index (χ3n) is 5.37. The first-order chi connectivity index (χ1) is 13.4. The second kappa shape index (κ2) is 11.4. The molecule has 1 aromatic carbocycles. The number of carboxylic acid groups (broad SMARTS) is 2. The number of halogens is 1. The first-order valence-corrected chi connectivity index (χ1v) is 10.6. The number of rotatable bonds is 3. The maximum absolute atomic E-state index is 9.99. The van der Waals surface area contributed by atoms with Crippen molar-refractivity contribution in [3.8, 4) is 5.75 Å². The fourth-order valence-corrected chi connectivity index (χ4v) is 4.24. The van der Waals surface area contributed by atoms with E-state index in [4.69, 9.17) is 19.8 Å². The molecular formula is C20H29BrN2O5. The lowest BCUT2D eigenvalue weighted by atomic mass is 10.1. The number of phenols is 1. The van der Waals surface area contributed by atoms with Crippen LogP contribution in [0.15, 0.2) is 22.7 Å². The van der Waals surface area contributed by atoms with E-state index >= 15 is 0 Å². The number of nitrogens with zero attached hydrogens (tertiary/aromatic N) is 2. The normalized spacial score (nSPS) is 19.3. The quantitative estimate of drug-likeness (QED) is 0.474. The zero-order chi connectivity index (χ0) is 20.5. The highest BCUT2D eigenvalue weighted by molar-refractivity contribution is 9.10. The highest BCUT2D eigenvalue weighted by atomic mass is 79.9. The number of piperazine rings is 1. The summed E-state index contributed by atoms with van der Waals surface area (Å²) in [5.74, 6) is -3.24. The molecule has 0 atom stereocenters. The molecule has 1 aliphatic carbocycles. The first-order valence-electron chi connectivity index (χ1n) is 9.77. The van der Waals surface area contributed by atoms with Gasteiger partial charge in [-0.1, -0.05) is 41.6 Å². The highest BCUT2D eigenvalue weighted by Gasteiger charge is 2.24. The van der Waals surface area contributed by atoms with E-state index in [9.17, 15) is 5.11 Å². The number of hydrogen-bond donors (Lipinski definition) is 3. The van der Waals surface area contributed by atoms with Gasteiger partial charge in [0.05, 0.1) is 0 Å². The number of hydrogen-bond acceptors (Lipinski definition) is 5. The lowest BCUT2D eigenvalue weighted by Gasteiger charge is -2.39. The van der Waals surface area contributed by atoms with Gasteiger partial charge in [0, 0.05) is 48.8 Å². The average Bonchev–Trinajstić information content (AvgIpc) is 2.95. The predicted octanol–water partition coefficient (Wildman–Crippen LogP) is 3.15. The number of carboxylic acids is 2. The van der Waals surface area contributed by atoms with Crippen molar-refractivity contribution in [1.29, 1.82) is 0 Å². The van der Waals surface area contributed by atoms with Crippen molar-refractivity contribution >= 4 is 27.9 Å². The fraction of sp³-hybridized carbons (Fsp3) is 0.600. The van der Waals surface area contributed by atoms with Gasteiger partial charge in [-0.15, -0.1) is 0 Å². The van der Waals surface area contributed by atoms with Gasteiger partial charge in [0.15, 0.2) is 0 Å². The predicted molar refractivity (Wildman–Crippen MR) is 109 cm³/mol. The molecule has 1 heterocycles. The second-order valence-corrected chi connectivity index (χ2v) is 8.26. The van der Waals surface area contributed by atoms with Gasteiger partial charge in [-0.05, 0) is 31.0 Å². The summed E-state index contributed by atoms with van der Waals surface area (Å²) < 4.78 is 1.04. The Hall–Kier alpha value is -1.64. The SMILES string of the molecule is O=C(O)C(=O)O.Oc1ccc(Br)cc1CN1CCN(C2CCCCCC2)CC1. The van der Waals surface area contributed by atoms with Crippen molar-refractivity contribution in [3.05, 3.63) is 28.2 Å². The van der Waals surface area contributed by atoms with Crippen LogP contribution in [0.4, 0.5) is 0 Å². The van der Waals surface area contributed by atoms with Gasteiger partial charge < -0.3 is 15.3 Å². The summed E-state index contributed by atoms with van der Waals surface area (Å²) in [5.41, 5.74) is 1.03. The van der Waals surface area contributed by atoms with Crippen LogP contribution in [0.5, 0.6) is 5.75 Å². The van der Waals surface area contributed by atoms with Crippen LogP contribution in [0.3, 0.4) is 0 Å². The molecule has 2 aliphatic rings. The molecule has 0 radical (unpaired) electrons. The maximum atomic E-state index is 9.99. The Morgan fingerprint density at radius 1 is 0.964 bits per heavy atom. The zero-order valence-electron chi connectivity index (χ0n) is 16.0. The molecular weight excluding hydrogens is 428 g/mol. The van der Waals surface area contributed by atoms with Gasteiger partial charge in [0.2, 0.25) is 0 Å². The Kier molecular flexibility index (Phi) is 9.21. The average molecular weight is 457 g/mol. The first kappa shape index (κ1) is 22.6. The van der Waals surface area contributed by atoms with Crippen LogP contribution in [0, 0.1) is 0 Å². The Morgan fingerprint density at radius 2 is 1.54 bits per heavy atom. The molecule has 0 bridgehead atoms. The molecule has 0 amide bonds.